The molecule has 1 saturated heterocycles. The molecule has 13 heteroatoms. The number of carboxylic acids is 1. The summed E-state index contributed by atoms with van der Waals surface area (Å²) in [6.07, 6.45) is -2.44. The second kappa shape index (κ2) is 9.37. The van der Waals surface area contributed by atoms with Crippen LogP contribution in [0.2, 0.25) is 5.28 Å². The number of aromatic nitrogens is 4. The molecule has 0 spiro atoms. The molecule has 0 radical (unpaired) electrons. The van der Waals surface area contributed by atoms with Crippen LogP contribution < -0.4 is 10.8 Å². The van der Waals surface area contributed by atoms with Crippen molar-refractivity contribution in [3.8, 4) is 0 Å². The van der Waals surface area contributed by atoms with Gasteiger partial charge in [0.2, 0.25) is 11.5 Å². The number of esters is 1. The molecule has 1 aliphatic heterocycles. The number of ether oxygens (including phenoxy) is 2. The number of aromatic carboxylic acids is 1. The molecule has 0 bridgehead atoms. The molecule has 3 heterocycles. The highest BCUT2D eigenvalue weighted by atomic mass is 35.5. The predicted octanol–water partition coefficient (Wildman–Crippen LogP) is 2.60. The van der Waals surface area contributed by atoms with Gasteiger partial charge in [-0.15, -0.1) is 0 Å². The summed E-state index contributed by atoms with van der Waals surface area (Å²) in [5, 5.41) is 11.5. The molecule has 3 atom stereocenters. The number of carbonyl (C=O) groups is 2. The summed E-state index contributed by atoms with van der Waals surface area (Å²) in [6, 6.07) is 13.1. The number of halogens is 3. The second-order valence-corrected chi connectivity index (χ2v) is 8.56. The van der Waals surface area contributed by atoms with E-state index in [9.17, 15) is 14.7 Å². The standard InChI is InChI=1S/C24H18ClF2N5O5/c25-23-30-18(28)17-19(31-23)32(11-29-17)22-24(26,27)16(13-8-4-5-9-14(13)20(33)34)15(37-22)10-36-21(35)12-6-2-1-3-7-12/h1-9,11,15-16,22H,10H2,(H,33,34)(H2,28,30,31)/p-1/t15-,16+,22+/m0/s1. The SMILES string of the molecule is Nc1nc(Cl)nc2c1ncn2[C@@H]1O[C@@H](COC(=O)c2ccccc2)[C@@H](c2ccccc2C(=O)[O-])C1(F)F. The van der Waals surface area contributed by atoms with Crippen LogP contribution in [-0.4, -0.2) is 50.1 Å². The van der Waals surface area contributed by atoms with Crippen LogP contribution in [0.3, 0.4) is 0 Å². The van der Waals surface area contributed by atoms with E-state index in [1.807, 2.05) is 0 Å². The highest BCUT2D eigenvalue weighted by molar-refractivity contribution is 6.28. The van der Waals surface area contributed by atoms with E-state index in [-0.39, 0.29) is 33.4 Å². The van der Waals surface area contributed by atoms with Crippen molar-refractivity contribution in [2.45, 2.75) is 24.2 Å². The van der Waals surface area contributed by atoms with Gasteiger partial charge in [0.15, 0.2) is 11.5 Å². The van der Waals surface area contributed by atoms with Crippen molar-refractivity contribution < 1.29 is 33.0 Å². The molecule has 190 valence electrons. The number of carbonyl (C=O) groups excluding carboxylic acids is 2. The Morgan fingerprint density at radius 1 is 1.14 bits per heavy atom. The Bertz CT molecular complexity index is 1500. The van der Waals surface area contributed by atoms with E-state index in [0.29, 0.717) is 0 Å². The molecular formula is C24H17ClF2N5O5-. The maximum Gasteiger partial charge on any atom is 0.338 e. The van der Waals surface area contributed by atoms with Crippen LogP contribution in [0.25, 0.3) is 11.2 Å². The number of fused-ring (bicyclic) bond motifs is 1. The van der Waals surface area contributed by atoms with Crippen molar-refractivity contribution in [2.75, 3.05) is 12.3 Å². The zero-order valence-electron chi connectivity index (χ0n) is 18.8. The molecule has 2 aromatic carbocycles. The van der Waals surface area contributed by atoms with Gasteiger partial charge in [0.05, 0.1) is 23.8 Å². The third-order valence-electron chi connectivity index (χ3n) is 6.00. The first kappa shape index (κ1) is 24.5. The first-order valence-corrected chi connectivity index (χ1v) is 11.3. The van der Waals surface area contributed by atoms with Gasteiger partial charge in [-0.1, -0.05) is 42.5 Å². The second-order valence-electron chi connectivity index (χ2n) is 8.22. The largest absolute Gasteiger partial charge is 0.545 e. The summed E-state index contributed by atoms with van der Waals surface area (Å²) in [4.78, 5) is 36.0. The number of rotatable bonds is 6. The minimum atomic E-state index is -3.74. The van der Waals surface area contributed by atoms with Gasteiger partial charge in [-0.3, -0.25) is 4.57 Å². The molecule has 0 amide bonds. The van der Waals surface area contributed by atoms with E-state index >= 15 is 8.78 Å². The highest BCUT2D eigenvalue weighted by Gasteiger charge is 2.61. The van der Waals surface area contributed by atoms with Crippen LogP contribution in [0.4, 0.5) is 14.6 Å². The molecule has 0 unspecified atom stereocenters. The Morgan fingerprint density at radius 2 is 1.84 bits per heavy atom. The zero-order chi connectivity index (χ0) is 26.3. The van der Waals surface area contributed by atoms with Gasteiger partial charge in [0, 0.05) is 5.56 Å². The fourth-order valence-electron chi connectivity index (χ4n) is 4.38. The highest BCUT2D eigenvalue weighted by Crippen LogP contribution is 2.53. The Hall–Kier alpha value is -4.16. The number of anilines is 1. The van der Waals surface area contributed by atoms with Crippen molar-refractivity contribution >= 4 is 40.5 Å². The molecule has 0 aliphatic carbocycles. The Balaban J connectivity index is 1.57. The molecule has 5 rings (SSSR count). The third-order valence-corrected chi connectivity index (χ3v) is 6.17. The summed E-state index contributed by atoms with van der Waals surface area (Å²) in [6.45, 7) is -0.601. The minimum absolute atomic E-state index is 0.0226. The van der Waals surface area contributed by atoms with Crippen LogP contribution in [0.1, 0.15) is 38.4 Å². The number of carboxylic acid groups (broad SMARTS) is 1. The summed E-state index contributed by atoms with van der Waals surface area (Å²) in [5.41, 5.74) is 5.23. The lowest BCUT2D eigenvalue weighted by molar-refractivity contribution is -0.255. The number of hydrogen-bond acceptors (Lipinski definition) is 9. The van der Waals surface area contributed by atoms with Gasteiger partial charge < -0.3 is 25.1 Å². The van der Waals surface area contributed by atoms with E-state index in [2.05, 4.69) is 15.0 Å². The number of nitrogens with zero attached hydrogens (tertiary/aromatic N) is 4. The monoisotopic (exact) mass is 528 g/mol. The summed E-state index contributed by atoms with van der Waals surface area (Å²) in [5.74, 6) is -8.11. The maximum absolute atomic E-state index is 16.2. The molecule has 10 nitrogen and oxygen atoms in total. The van der Waals surface area contributed by atoms with Crippen molar-refractivity contribution in [3.05, 3.63) is 82.9 Å². The lowest BCUT2D eigenvalue weighted by atomic mass is 9.86. The minimum Gasteiger partial charge on any atom is -0.545 e. The van der Waals surface area contributed by atoms with Gasteiger partial charge in [0.25, 0.3) is 0 Å². The maximum atomic E-state index is 16.2. The fraction of sp³-hybridized carbons (Fsp3) is 0.208. The molecule has 1 aliphatic rings. The van der Waals surface area contributed by atoms with Crippen LogP contribution in [0.5, 0.6) is 0 Å². The summed E-state index contributed by atoms with van der Waals surface area (Å²) < 4.78 is 44.3. The molecular weight excluding hydrogens is 512 g/mol. The quantitative estimate of drug-likeness (QED) is 0.295. The number of imidazole rings is 1. The Morgan fingerprint density at radius 3 is 2.57 bits per heavy atom. The zero-order valence-corrected chi connectivity index (χ0v) is 19.5. The molecule has 4 aromatic rings. The number of hydrogen-bond donors (Lipinski definition) is 1. The van der Waals surface area contributed by atoms with E-state index < -0.39 is 48.3 Å². The van der Waals surface area contributed by atoms with E-state index in [0.717, 1.165) is 17.0 Å². The average molecular weight is 529 g/mol. The van der Waals surface area contributed by atoms with Crippen LogP contribution in [-0.2, 0) is 9.47 Å². The van der Waals surface area contributed by atoms with Crippen molar-refractivity contribution in [1.82, 2.24) is 19.5 Å². The van der Waals surface area contributed by atoms with Crippen LogP contribution in [0, 0.1) is 0 Å². The first-order chi connectivity index (χ1) is 17.7. The fourth-order valence-corrected chi connectivity index (χ4v) is 4.55. The van der Waals surface area contributed by atoms with E-state index in [1.165, 1.54) is 30.3 Å². The Kier molecular flexibility index (Phi) is 6.21. The summed E-state index contributed by atoms with van der Waals surface area (Å²) >= 11 is 5.88. The van der Waals surface area contributed by atoms with E-state index in [1.54, 1.807) is 18.2 Å². The normalized spacial score (nSPS) is 20.7. The van der Waals surface area contributed by atoms with Gasteiger partial charge in [0.1, 0.15) is 18.2 Å². The van der Waals surface area contributed by atoms with E-state index in [4.69, 9.17) is 26.8 Å². The predicted molar refractivity (Wildman–Crippen MR) is 124 cm³/mol. The molecule has 0 saturated carbocycles. The number of benzene rings is 2. The number of nitrogens with two attached hydrogens (primary N) is 1. The molecule has 2 N–H and O–H groups in total. The molecule has 37 heavy (non-hydrogen) atoms. The number of nitrogen functional groups attached to an aromatic ring is 1. The lowest BCUT2D eigenvalue weighted by Crippen LogP contribution is -2.35. The van der Waals surface area contributed by atoms with Crippen LogP contribution in [0.15, 0.2) is 60.9 Å². The first-order valence-electron chi connectivity index (χ1n) is 10.9. The lowest BCUT2D eigenvalue weighted by Gasteiger charge is -2.26. The Labute approximate surface area is 212 Å². The summed E-state index contributed by atoms with van der Waals surface area (Å²) in [7, 11) is 0. The molecule has 1 fully saturated rings. The van der Waals surface area contributed by atoms with Crippen molar-refractivity contribution in [3.63, 3.8) is 0 Å². The van der Waals surface area contributed by atoms with Gasteiger partial charge >= 0.3 is 11.9 Å². The number of alkyl halides is 2. The average Bonchev–Trinajstić information content (AvgIpc) is 3.40. The van der Waals surface area contributed by atoms with Gasteiger partial charge in [-0.05, 0) is 29.3 Å². The topological polar surface area (TPSA) is 145 Å². The van der Waals surface area contributed by atoms with Crippen molar-refractivity contribution in [1.29, 1.82) is 0 Å². The third kappa shape index (κ3) is 4.34. The smallest absolute Gasteiger partial charge is 0.338 e. The molecule has 2 aromatic heterocycles. The van der Waals surface area contributed by atoms with Crippen molar-refractivity contribution in [2.24, 2.45) is 0 Å². The van der Waals surface area contributed by atoms with Crippen LogP contribution >= 0.6 is 11.6 Å². The van der Waals surface area contributed by atoms with Gasteiger partial charge in [-0.25, -0.2) is 18.6 Å². The van der Waals surface area contributed by atoms with Gasteiger partial charge in [-0.2, -0.15) is 9.97 Å².